The molecule has 0 radical (unpaired) electrons. The van der Waals surface area contributed by atoms with Gasteiger partial charge >= 0.3 is 0 Å². The zero-order chi connectivity index (χ0) is 19.9. The molecule has 8 heteroatoms. The second kappa shape index (κ2) is 9.23. The Hall–Kier alpha value is -3.06. The van der Waals surface area contributed by atoms with Crippen LogP contribution in [-0.4, -0.2) is 35.2 Å². The molecule has 1 heterocycles. The van der Waals surface area contributed by atoms with E-state index >= 15 is 0 Å². The topological polar surface area (TPSA) is 82.4 Å². The Kier molecular flexibility index (Phi) is 6.49. The summed E-state index contributed by atoms with van der Waals surface area (Å²) in [6.45, 7) is 3.04. The first-order chi connectivity index (χ1) is 13.6. The Morgan fingerprint density at radius 1 is 1.14 bits per heavy atom. The quantitative estimate of drug-likeness (QED) is 0.587. The number of carbonyl (C=O) groups is 1. The van der Waals surface area contributed by atoms with Crippen molar-refractivity contribution in [2.24, 2.45) is 0 Å². The fourth-order valence-electron chi connectivity index (χ4n) is 2.61. The Bertz CT molecular complexity index is 1020. The van der Waals surface area contributed by atoms with E-state index in [-0.39, 0.29) is 18.0 Å². The zero-order valence-electron chi connectivity index (χ0n) is 15.4. The van der Waals surface area contributed by atoms with Gasteiger partial charge in [-0.2, -0.15) is 0 Å². The second-order valence-corrected chi connectivity index (χ2v) is 6.38. The van der Waals surface area contributed by atoms with Gasteiger partial charge in [0.25, 0.3) is 5.56 Å². The molecule has 146 valence electrons. The van der Waals surface area contributed by atoms with Crippen molar-refractivity contribution in [1.82, 2.24) is 14.9 Å². The van der Waals surface area contributed by atoms with E-state index in [1.54, 1.807) is 30.3 Å². The number of fused-ring (bicyclic) bond motifs is 1. The van der Waals surface area contributed by atoms with Gasteiger partial charge in [-0.25, -0.2) is 4.98 Å². The number of ether oxygens (including phenoxy) is 2. The van der Waals surface area contributed by atoms with Crippen molar-refractivity contribution in [3.63, 3.8) is 0 Å². The minimum Gasteiger partial charge on any atom is -0.494 e. The summed E-state index contributed by atoms with van der Waals surface area (Å²) < 4.78 is 12.2. The van der Waals surface area contributed by atoms with Crippen LogP contribution >= 0.6 is 11.6 Å². The summed E-state index contributed by atoms with van der Waals surface area (Å²) in [6.07, 6.45) is 1.34. The molecule has 3 rings (SSSR count). The number of carbonyl (C=O) groups excluding carboxylic acids is 1. The van der Waals surface area contributed by atoms with Gasteiger partial charge in [0.05, 0.1) is 30.4 Å². The van der Waals surface area contributed by atoms with Crippen LogP contribution in [0.15, 0.2) is 53.6 Å². The lowest BCUT2D eigenvalue weighted by Crippen LogP contribution is -2.34. The summed E-state index contributed by atoms with van der Waals surface area (Å²) in [6, 6.07) is 12.1. The molecule has 0 unspecified atom stereocenters. The highest BCUT2D eigenvalue weighted by Gasteiger charge is 2.08. The molecule has 0 saturated carbocycles. The summed E-state index contributed by atoms with van der Waals surface area (Å²) in [4.78, 5) is 28.7. The van der Waals surface area contributed by atoms with Gasteiger partial charge in [0.1, 0.15) is 24.7 Å². The molecule has 0 bridgehead atoms. The number of nitrogens with zero attached hydrogens (tertiary/aromatic N) is 2. The number of benzene rings is 2. The average molecular weight is 402 g/mol. The molecule has 0 aliphatic rings. The SMILES string of the molecule is CCOc1ccc(OCCNC(=O)Cn2cnc3cc(Cl)ccc3c2=O)cc1. The predicted molar refractivity (Wildman–Crippen MR) is 107 cm³/mol. The van der Waals surface area contributed by atoms with Crippen LogP contribution < -0.4 is 20.3 Å². The molecule has 0 fully saturated rings. The second-order valence-electron chi connectivity index (χ2n) is 5.94. The van der Waals surface area contributed by atoms with Crippen LogP contribution in [-0.2, 0) is 11.3 Å². The fourth-order valence-corrected chi connectivity index (χ4v) is 2.78. The molecule has 0 atom stereocenters. The van der Waals surface area contributed by atoms with Gasteiger partial charge in [-0.3, -0.25) is 14.2 Å². The molecule has 3 aromatic rings. The lowest BCUT2D eigenvalue weighted by Gasteiger charge is -2.10. The Balaban J connectivity index is 1.49. The Morgan fingerprint density at radius 3 is 2.57 bits per heavy atom. The number of halogens is 1. The number of nitrogens with one attached hydrogen (secondary N) is 1. The lowest BCUT2D eigenvalue weighted by molar-refractivity contribution is -0.121. The molecular formula is C20H20ClN3O4. The lowest BCUT2D eigenvalue weighted by atomic mass is 10.2. The summed E-state index contributed by atoms with van der Waals surface area (Å²) in [5.41, 5.74) is 0.209. The Labute approximate surface area is 166 Å². The minimum atomic E-state index is -0.299. The van der Waals surface area contributed by atoms with Gasteiger partial charge in [0, 0.05) is 5.02 Å². The van der Waals surface area contributed by atoms with Gasteiger partial charge in [0.15, 0.2) is 0 Å². The highest BCUT2D eigenvalue weighted by Crippen LogP contribution is 2.17. The maximum absolute atomic E-state index is 12.4. The maximum atomic E-state index is 12.4. The largest absolute Gasteiger partial charge is 0.494 e. The molecular weight excluding hydrogens is 382 g/mol. The van der Waals surface area contributed by atoms with Crippen molar-refractivity contribution < 1.29 is 14.3 Å². The standard InChI is InChI=1S/C20H20ClN3O4/c1-2-27-15-4-6-16(7-5-15)28-10-9-22-19(25)12-24-13-23-18-11-14(21)3-8-17(18)20(24)26/h3-8,11,13H,2,9-10,12H2,1H3,(H,22,25). The number of hydrogen-bond acceptors (Lipinski definition) is 5. The highest BCUT2D eigenvalue weighted by molar-refractivity contribution is 6.31. The molecule has 0 aliphatic carbocycles. The third kappa shape index (κ3) is 5.01. The average Bonchev–Trinajstić information content (AvgIpc) is 2.69. The molecule has 1 amide bonds. The van der Waals surface area contributed by atoms with E-state index in [2.05, 4.69) is 10.3 Å². The molecule has 0 saturated heterocycles. The predicted octanol–water partition coefficient (Wildman–Crippen LogP) is 2.64. The van der Waals surface area contributed by atoms with Gasteiger partial charge < -0.3 is 14.8 Å². The van der Waals surface area contributed by atoms with Crippen LogP contribution in [0.2, 0.25) is 5.02 Å². The van der Waals surface area contributed by atoms with Crippen LogP contribution in [0.1, 0.15) is 6.92 Å². The van der Waals surface area contributed by atoms with Crippen molar-refractivity contribution >= 4 is 28.4 Å². The van der Waals surface area contributed by atoms with E-state index in [9.17, 15) is 9.59 Å². The highest BCUT2D eigenvalue weighted by atomic mass is 35.5. The summed E-state index contributed by atoms with van der Waals surface area (Å²) in [7, 11) is 0. The normalized spacial score (nSPS) is 10.6. The van der Waals surface area contributed by atoms with Crippen molar-refractivity contribution in [3.05, 3.63) is 64.2 Å². The minimum absolute atomic E-state index is 0.118. The van der Waals surface area contributed by atoms with E-state index in [0.717, 1.165) is 5.75 Å². The fraction of sp³-hybridized carbons (Fsp3) is 0.250. The first-order valence-electron chi connectivity index (χ1n) is 8.84. The molecule has 7 nitrogen and oxygen atoms in total. The molecule has 28 heavy (non-hydrogen) atoms. The number of aromatic nitrogens is 2. The van der Waals surface area contributed by atoms with E-state index in [1.165, 1.54) is 10.9 Å². The summed E-state index contributed by atoms with van der Waals surface area (Å²) >= 11 is 5.90. The molecule has 0 aliphatic heterocycles. The van der Waals surface area contributed by atoms with Gasteiger partial charge in [-0.15, -0.1) is 0 Å². The maximum Gasteiger partial charge on any atom is 0.261 e. The zero-order valence-corrected chi connectivity index (χ0v) is 16.1. The van der Waals surface area contributed by atoms with E-state index in [0.29, 0.717) is 41.4 Å². The van der Waals surface area contributed by atoms with Gasteiger partial charge in [-0.1, -0.05) is 11.6 Å². The number of hydrogen-bond donors (Lipinski definition) is 1. The van der Waals surface area contributed by atoms with Gasteiger partial charge in [0.2, 0.25) is 5.91 Å². The van der Waals surface area contributed by atoms with E-state index in [1.807, 2.05) is 19.1 Å². The molecule has 2 aromatic carbocycles. The van der Waals surface area contributed by atoms with Crippen molar-refractivity contribution in [2.45, 2.75) is 13.5 Å². The van der Waals surface area contributed by atoms with Crippen LogP contribution in [0.4, 0.5) is 0 Å². The van der Waals surface area contributed by atoms with Crippen molar-refractivity contribution in [1.29, 1.82) is 0 Å². The monoisotopic (exact) mass is 401 g/mol. The number of amides is 1. The van der Waals surface area contributed by atoms with Crippen LogP contribution in [0.5, 0.6) is 11.5 Å². The van der Waals surface area contributed by atoms with Crippen LogP contribution in [0, 0.1) is 0 Å². The third-order valence-corrected chi connectivity index (χ3v) is 4.16. The summed E-state index contributed by atoms with van der Waals surface area (Å²) in [5, 5.41) is 3.64. The molecule has 1 N–H and O–H groups in total. The third-order valence-electron chi connectivity index (χ3n) is 3.93. The van der Waals surface area contributed by atoms with Gasteiger partial charge in [-0.05, 0) is 49.4 Å². The molecule has 1 aromatic heterocycles. The van der Waals surface area contributed by atoms with Crippen molar-refractivity contribution in [2.75, 3.05) is 19.8 Å². The van der Waals surface area contributed by atoms with E-state index < -0.39 is 0 Å². The van der Waals surface area contributed by atoms with Crippen molar-refractivity contribution in [3.8, 4) is 11.5 Å². The molecule has 0 spiro atoms. The van der Waals surface area contributed by atoms with Crippen LogP contribution in [0.3, 0.4) is 0 Å². The number of rotatable bonds is 8. The first-order valence-corrected chi connectivity index (χ1v) is 9.21. The smallest absolute Gasteiger partial charge is 0.261 e. The summed E-state index contributed by atoms with van der Waals surface area (Å²) in [5.74, 6) is 1.17. The Morgan fingerprint density at radius 2 is 1.86 bits per heavy atom. The van der Waals surface area contributed by atoms with Crippen LogP contribution in [0.25, 0.3) is 10.9 Å². The first kappa shape index (κ1) is 19.7. The van der Waals surface area contributed by atoms with E-state index in [4.69, 9.17) is 21.1 Å².